The Bertz CT molecular complexity index is 2400. The third kappa shape index (κ3) is 11.3. The number of nitriles is 1. The van der Waals surface area contributed by atoms with Crippen molar-refractivity contribution in [3.63, 3.8) is 0 Å². The second-order valence-electron chi connectivity index (χ2n) is 18.1. The van der Waals surface area contributed by atoms with Gasteiger partial charge in [0.25, 0.3) is 0 Å². The van der Waals surface area contributed by atoms with Crippen molar-refractivity contribution in [2.75, 3.05) is 56.2 Å². The summed E-state index contributed by atoms with van der Waals surface area (Å²) in [6.45, 7) is 16.3. The van der Waals surface area contributed by atoms with Crippen LogP contribution in [0.3, 0.4) is 0 Å². The van der Waals surface area contributed by atoms with E-state index in [2.05, 4.69) is 21.3 Å². The fourth-order valence-electron chi connectivity index (χ4n) is 8.43. The van der Waals surface area contributed by atoms with Gasteiger partial charge in [-0.1, -0.05) is 11.6 Å². The van der Waals surface area contributed by atoms with Crippen molar-refractivity contribution < 1.29 is 47.2 Å². The lowest BCUT2D eigenvalue weighted by Gasteiger charge is -2.42. The molecule has 0 saturated carbocycles. The number of amides is 2. The number of aliphatic carboxylic acids is 1. The quantitative estimate of drug-likeness (QED) is 0.163. The van der Waals surface area contributed by atoms with E-state index in [4.69, 9.17) is 40.6 Å². The van der Waals surface area contributed by atoms with Crippen LogP contribution in [0.4, 0.5) is 29.2 Å². The minimum atomic E-state index is -0.910. The molecule has 63 heavy (non-hydrogen) atoms. The summed E-state index contributed by atoms with van der Waals surface area (Å²) >= 11 is 7.81. The lowest BCUT2D eigenvalue weighted by atomic mass is 10.00. The number of hydrogen-bond donors (Lipinski definition) is 2. The molecule has 2 amide bonds. The highest BCUT2D eigenvalue weighted by Gasteiger charge is 2.45. The summed E-state index contributed by atoms with van der Waals surface area (Å²) in [7, 11) is 0. The molecular formula is C44H56ClF2N7O8S. The molecule has 0 radical (unpaired) electrons. The van der Waals surface area contributed by atoms with Gasteiger partial charge < -0.3 is 29.0 Å². The molecule has 0 spiro atoms. The van der Waals surface area contributed by atoms with Crippen LogP contribution >= 0.6 is 22.9 Å². The number of carbonyl (C=O) groups excluding carboxylic acids is 2. The van der Waals surface area contributed by atoms with Crippen LogP contribution in [0.15, 0.2) is 6.07 Å². The van der Waals surface area contributed by atoms with Gasteiger partial charge in [0.1, 0.15) is 46.0 Å². The van der Waals surface area contributed by atoms with Crippen LogP contribution in [0, 0.1) is 17.1 Å². The highest BCUT2D eigenvalue weighted by Crippen LogP contribution is 2.40. The van der Waals surface area contributed by atoms with E-state index >= 15 is 8.78 Å². The molecule has 6 rings (SSSR count). The summed E-state index contributed by atoms with van der Waals surface area (Å²) in [5.41, 5.74) is -1.72. The Hall–Kier alpha value is -4.83. The van der Waals surface area contributed by atoms with Crippen molar-refractivity contribution >= 4 is 74.2 Å². The first-order valence-electron chi connectivity index (χ1n) is 21.2. The van der Waals surface area contributed by atoms with Crippen molar-refractivity contribution in [3.05, 3.63) is 37.8 Å². The monoisotopic (exact) mass is 915 g/mol. The number of piperazine rings is 1. The van der Waals surface area contributed by atoms with Gasteiger partial charge in [-0.05, 0) is 106 Å². The van der Waals surface area contributed by atoms with E-state index in [1.165, 1.54) is 13.8 Å². The van der Waals surface area contributed by atoms with Gasteiger partial charge in [-0.2, -0.15) is 15.2 Å². The molecule has 3 aliphatic rings. The zero-order valence-corrected chi connectivity index (χ0v) is 38.6. The van der Waals surface area contributed by atoms with Crippen molar-refractivity contribution in [2.24, 2.45) is 0 Å². The second kappa shape index (κ2) is 19.5. The zero-order chi connectivity index (χ0) is 46.0. The van der Waals surface area contributed by atoms with E-state index in [0.717, 1.165) is 43.6 Å². The molecule has 3 fully saturated rings. The largest absolute Gasteiger partial charge is 0.481 e. The first kappa shape index (κ1) is 47.6. The molecule has 15 nitrogen and oxygen atoms in total. The Morgan fingerprint density at radius 2 is 1.73 bits per heavy atom. The number of nitrogens with one attached hydrogen (secondary N) is 1. The van der Waals surface area contributed by atoms with Crippen LogP contribution in [-0.4, -0.2) is 118 Å². The number of thiophene rings is 1. The number of aromatic nitrogens is 2. The standard InChI is InChI=1S/C44H56ClF2N7O8S/c1-24(33-30(20-48)39(63-37(33)25(2)46)51-41(57)61-43(3,4)5)34-31(45)19-29-36(35(34)47)49-40(60-23-28-11-9-15-52(28)16-10-17-59-18-14-32(55)56)50-38(29)53-21-26-12-13-27(22-53)54(26)42(58)62-44(6,7)8/h19,26-28H,9-18,21-23H2,1-8H3,(H,51,57)(H,55,56)/b33-24+,37-25-/t26?,27?,28-/m0/s1. The molecule has 2 aromatic heterocycles. The normalized spacial score (nSPS) is 20.1. The van der Waals surface area contributed by atoms with Crippen molar-refractivity contribution in [2.45, 2.75) is 123 Å². The lowest BCUT2D eigenvalue weighted by molar-refractivity contribution is -0.138. The number of likely N-dealkylation sites (tertiary alicyclic amines) is 1. The van der Waals surface area contributed by atoms with Crippen molar-refractivity contribution in [1.82, 2.24) is 19.8 Å². The predicted octanol–water partition coefficient (Wildman–Crippen LogP) is 7.33. The zero-order valence-electron chi connectivity index (χ0n) is 37.0. The summed E-state index contributed by atoms with van der Waals surface area (Å²) < 4.78 is 55.7. The lowest BCUT2D eigenvalue weighted by Crippen LogP contribution is -2.57. The summed E-state index contributed by atoms with van der Waals surface area (Å²) in [5, 5.41) is 22.1. The molecule has 5 heterocycles. The second-order valence-corrected chi connectivity index (χ2v) is 19.5. The van der Waals surface area contributed by atoms with Gasteiger partial charge >= 0.3 is 24.2 Å². The summed E-state index contributed by atoms with van der Waals surface area (Å²) in [4.78, 5) is 52.5. The van der Waals surface area contributed by atoms with Crippen LogP contribution in [0.2, 0.25) is 5.02 Å². The number of fused-ring (bicyclic) bond motifs is 3. The molecule has 342 valence electrons. The SMILES string of the molecule is C/C(F)=c1/sc(NC(=O)OC(C)(C)C)c(C#N)/c1=C(/C)c1c(Cl)cc2c(N3CC4CCC(C3)N4C(=O)OC(C)(C)C)nc(OC[C@@H]3CCCN3CCCOCCC(=O)O)nc2c1F. The maximum atomic E-state index is 17.5. The Balaban J connectivity index is 1.40. The first-order valence-corrected chi connectivity index (χ1v) is 22.4. The molecule has 3 saturated heterocycles. The smallest absolute Gasteiger partial charge is 0.412 e. The number of benzene rings is 1. The average molecular weight is 916 g/mol. The highest BCUT2D eigenvalue weighted by molar-refractivity contribution is 7.14. The van der Waals surface area contributed by atoms with Crippen LogP contribution < -0.4 is 24.7 Å². The Morgan fingerprint density at radius 1 is 1.05 bits per heavy atom. The van der Waals surface area contributed by atoms with E-state index < -0.39 is 41.0 Å². The Morgan fingerprint density at radius 3 is 2.35 bits per heavy atom. The van der Waals surface area contributed by atoms with E-state index in [1.54, 1.807) is 31.7 Å². The maximum absolute atomic E-state index is 17.5. The number of ether oxygens (including phenoxy) is 4. The Labute approximate surface area is 374 Å². The molecule has 19 heteroatoms. The number of halogens is 3. The predicted molar refractivity (Wildman–Crippen MR) is 236 cm³/mol. The van der Waals surface area contributed by atoms with Crippen LogP contribution in [0.1, 0.15) is 105 Å². The number of hydrogen-bond acceptors (Lipinski definition) is 13. The fraction of sp³-hybridized carbons (Fsp3) is 0.591. The maximum Gasteiger partial charge on any atom is 0.412 e. The average Bonchev–Trinajstić information content (AvgIpc) is 3.86. The molecule has 2 bridgehead atoms. The third-order valence-corrected chi connectivity index (χ3v) is 12.5. The summed E-state index contributed by atoms with van der Waals surface area (Å²) in [5.74, 6) is -2.04. The van der Waals surface area contributed by atoms with E-state index in [-0.39, 0.29) is 85.8 Å². The molecule has 3 atom stereocenters. The number of anilines is 2. The highest BCUT2D eigenvalue weighted by atomic mass is 35.5. The van der Waals surface area contributed by atoms with Crippen molar-refractivity contribution in [1.29, 1.82) is 5.26 Å². The van der Waals surface area contributed by atoms with Crippen LogP contribution in [0.5, 0.6) is 6.01 Å². The first-order chi connectivity index (χ1) is 29.6. The summed E-state index contributed by atoms with van der Waals surface area (Å²) in [6, 6.07) is 3.15. The number of carboxylic acids is 1. The van der Waals surface area contributed by atoms with Crippen LogP contribution in [0.25, 0.3) is 22.3 Å². The molecule has 3 aliphatic heterocycles. The molecule has 2 unspecified atom stereocenters. The van der Waals surface area contributed by atoms with Crippen LogP contribution in [-0.2, 0) is 19.0 Å². The number of carboxylic acid groups (broad SMARTS) is 1. The Kier molecular flexibility index (Phi) is 14.7. The van der Waals surface area contributed by atoms with Gasteiger partial charge in [-0.3, -0.25) is 19.9 Å². The van der Waals surface area contributed by atoms with Gasteiger partial charge in [-0.15, -0.1) is 11.3 Å². The van der Waals surface area contributed by atoms with E-state index in [1.807, 2.05) is 25.7 Å². The molecular weight excluding hydrogens is 860 g/mol. The summed E-state index contributed by atoms with van der Waals surface area (Å²) in [6.07, 6.45) is 2.67. The third-order valence-electron chi connectivity index (χ3n) is 11.0. The van der Waals surface area contributed by atoms with E-state index in [0.29, 0.717) is 43.9 Å². The van der Waals surface area contributed by atoms with Gasteiger partial charge in [0.2, 0.25) is 0 Å². The van der Waals surface area contributed by atoms with Gasteiger partial charge in [0.05, 0.1) is 40.2 Å². The van der Waals surface area contributed by atoms with E-state index in [9.17, 15) is 19.6 Å². The number of nitrogens with zero attached hydrogens (tertiary/aromatic N) is 6. The van der Waals surface area contributed by atoms with Gasteiger partial charge in [0, 0.05) is 48.5 Å². The number of carbonyl (C=O) groups is 3. The molecule has 1 aromatic carbocycles. The van der Waals surface area contributed by atoms with Crippen molar-refractivity contribution in [3.8, 4) is 12.1 Å². The minimum Gasteiger partial charge on any atom is -0.481 e. The molecule has 2 N–H and O–H groups in total. The topological polar surface area (TPSA) is 180 Å². The van der Waals surface area contributed by atoms with Gasteiger partial charge in [0.15, 0.2) is 5.82 Å². The molecule has 3 aromatic rings. The molecule has 0 aliphatic carbocycles. The van der Waals surface area contributed by atoms with Gasteiger partial charge in [-0.25, -0.2) is 18.4 Å². The minimum absolute atomic E-state index is 0.00402. The fourth-order valence-corrected chi connectivity index (χ4v) is 9.85. The number of rotatable bonds is 13.